The van der Waals surface area contributed by atoms with Crippen LogP contribution in [0.5, 0.6) is 0 Å². The molecular weight excluding hydrogens is 1210 g/mol. The zero-order chi connectivity index (χ0) is 68.6. The second kappa shape index (κ2) is 58.9. The largest absolute Gasteiger partial charge is 0.470 e. The number of carbonyl (C=O) groups excluding carboxylic acids is 6. The van der Waals surface area contributed by atoms with Crippen molar-refractivity contribution in [2.45, 2.75) is 405 Å². The van der Waals surface area contributed by atoms with E-state index in [1.807, 2.05) is 0 Å². The predicted octanol–water partition coefficient (Wildman–Crippen LogP) is 15.7. The third-order valence-electron chi connectivity index (χ3n) is 17.4. The smallest absolute Gasteiger partial charge is 0.462 e. The molecular formula is C72H135N2O18P. The molecule has 1 fully saturated rings. The summed E-state index contributed by atoms with van der Waals surface area (Å²) in [5.41, 5.74) is 0. The van der Waals surface area contributed by atoms with Gasteiger partial charge in [-0.3, -0.25) is 33.3 Å². The fraction of sp³-hybridized carbons (Fsp3) is 0.917. The number of aliphatic hydroxyl groups is 2. The van der Waals surface area contributed by atoms with Crippen LogP contribution in [0.1, 0.15) is 350 Å². The third-order valence-corrected chi connectivity index (χ3v) is 18.0. The minimum Gasteiger partial charge on any atom is -0.462 e. The average molecular weight is 1350 g/mol. The van der Waals surface area contributed by atoms with Crippen LogP contribution in [0.2, 0.25) is 0 Å². The maximum absolute atomic E-state index is 14.7. The van der Waals surface area contributed by atoms with Crippen molar-refractivity contribution in [3.63, 3.8) is 0 Å². The molecule has 9 atom stereocenters. The van der Waals surface area contributed by atoms with Crippen molar-refractivity contribution < 1.29 is 86.3 Å². The highest BCUT2D eigenvalue weighted by Crippen LogP contribution is 2.42. The summed E-state index contributed by atoms with van der Waals surface area (Å²) < 4.78 is 54.7. The molecule has 546 valence electrons. The Balaban J connectivity index is 3.75. The summed E-state index contributed by atoms with van der Waals surface area (Å²) >= 11 is 0. The van der Waals surface area contributed by atoms with Gasteiger partial charge in [0, 0.05) is 19.3 Å². The summed E-state index contributed by atoms with van der Waals surface area (Å²) in [5.74, 6) is -3.58. The Kier molecular flexibility index (Phi) is 55.6. The second-order valence-electron chi connectivity index (χ2n) is 26.3. The zero-order valence-electron chi connectivity index (χ0n) is 59.2. The highest BCUT2D eigenvalue weighted by atomic mass is 31.2. The molecule has 1 aliphatic rings. The van der Waals surface area contributed by atoms with Crippen molar-refractivity contribution in [3.8, 4) is 0 Å². The Morgan fingerprint density at radius 3 is 1.11 bits per heavy atom. The van der Waals surface area contributed by atoms with E-state index >= 15 is 0 Å². The number of aliphatic hydroxyl groups excluding tert-OH is 2. The number of esters is 4. The van der Waals surface area contributed by atoms with E-state index in [4.69, 9.17) is 32.9 Å². The minimum absolute atomic E-state index is 0.142. The van der Waals surface area contributed by atoms with Gasteiger partial charge in [0.05, 0.1) is 45.1 Å². The maximum Gasteiger partial charge on any atom is 0.470 e. The summed E-state index contributed by atoms with van der Waals surface area (Å²) in [6, 6.07) is -2.80. The van der Waals surface area contributed by atoms with Gasteiger partial charge in [-0.15, -0.1) is 0 Å². The van der Waals surface area contributed by atoms with Crippen LogP contribution in [0.25, 0.3) is 0 Å². The first-order chi connectivity index (χ1) is 45.0. The fourth-order valence-corrected chi connectivity index (χ4v) is 12.5. The lowest BCUT2D eigenvalue weighted by Gasteiger charge is -2.45. The van der Waals surface area contributed by atoms with Crippen LogP contribution >= 0.6 is 7.82 Å². The number of hydrogen-bond acceptors (Lipinski definition) is 16. The molecule has 0 aliphatic carbocycles. The molecule has 1 aliphatic heterocycles. The van der Waals surface area contributed by atoms with Crippen molar-refractivity contribution in [3.05, 3.63) is 0 Å². The number of amides is 2. The first-order valence-electron chi connectivity index (χ1n) is 37.6. The van der Waals surface area contributed by atoms with E-state index < -0.39 is 119 Å². The molecule has 0 radical (unpaired) electrons. The van der Waals surface area contributed by atoms with Crippen LogP contribution in [0.4, 0.5) is 0 Å². The summed E-state index contributed by atoms with van der Waals surface area (Å²) in [7, 11) is -5.50. The topological polar surface area (TPSA) is 289 Å². The van der Waals surface area contributed by atoms with Gasteiger partial charge >= 0.3 is 31.7 Å². The van der Waals surface area contributed by atoms with Crippen molar-refractivity contribution in [1.82, 2.24) is 10.6 Å². The molecule has 2 amide bonds. The molecule has 1 saturated heterocycles. The standard InChI is InChI=1S/C72H135N2O18P/c1-7-13-19-25-28-31-34-37-40-46-59(87-65(79)49-43-22-16-10-4)52-63(77)73-58(55-75)57-86-72-69(74-64(78)53-60(88-66(80)50-44-23-17-11-5)47-41-38-35-32-29-26-20-14-8-2)71(70(62(56-76)90-72)92-93(83,84)85)91-68(82)54-61(89-67(81)51-45-24-18-12-6)48-42-39-36-33-30-27-21-15-9-3/h58-62,69-72,75-76H,7-57H2,1-6H3,(H,73,77)(H,74,78)(H2,83,84,85)/t58-,59+,60+,61+,62+,69+,70+,71+,72?/m0/s1. The number of unbranched alkanes of at least 4 members (excludes halogenated alkanes) is 33. The van der Waals surface area contributed by atoms with Gasteiger partial charge in [-0.2, -0.15) is 0 Å². The Bertz CT molecular complexity index is 1930. The summed E-state index contributed by atoms with van der Waals surface area (Å²) in [6.45, 7) is 10.7. The van der Waals surface area contributed by atoms with Gasteiger partial charge < -0.3 is 59.1 Å². The van der Waals surface area contributed by atoms with Crippen molar-refractivity contribution in [2.24, 2.45) is 0 Å². The van der Waals surface area contributed by atoms with Gasteiger partial charge in [-0.05, 0) is 57.8 Å². The molecule has 0 aromatic rings. The van der Waals surface area contributed by atoms with Gasteiger partial charge in [0.2, 0.25) is 11.8 Å². The number of rotatable bonds is 64. The van der Waals surface area contributed by atoms with Gasteiger partial charge in [0.1, 0.15) is 36.6 Å². The van der Waals surface area contributed by atoms with Gasteiger partial charge in [0.15, 0.2) is 12.4 Å². The lowest BCUT2D eigenvalue weighted by Crippen LogP contribution is -2.66. The first kappa shape index (κ1) is 87.8. The Morgan fingerprint density at radius 2 is 0.763 bits per heavy atom. The van der Waals surface area contributed by atoms with Crippen LogP contribution in [0, 0.1) is 0 Å². The normalized spacial score (nSPS) is 17.9. The number of hydrogen-bond donors (Lipinski definition) is 6. The van der Waals surface area contributed by atoms with Crippen LogP contribution < -0.4 is 10.6 Å². The number of carbonyl (C=O) groups is 6. The monoisotopic (exact) mass is 1350 g/mol. The zero-order valence-corrected chi connectivity index (χ0v) is 60.1. The van der Waals surface area contributed by atoms with Crippen LogP contribution in [0.15, 0.2) is 0 Å². The summed E-state index contributed by atoms with van der Waals surface area (Å²) in [6.07, 6.45) is 29.5. The second-order valence-corrected chi connectivity index (χ2v) is 27.5. The maximum atomic E-state index is 14.7. The quantitative estimate of drug-likeness (QED) is 0.0143. The van der Waals surface area contributed by atoms with Gasteiger partial charge in [0.25, 0.3) is 0 Å². The van der Waals surface area contributed by atoms with Gasteiger partial charge in [-0.25, -0.2) is 4.57 Å². The van der Waals surface area contributed by atoms with E-state index in [0.717, 1.165) is 167 Å². The van der Waals surface area contributed by atoms with E-state index in [-0.39, 0.29) is 38.1 Å². The minimum atomic E-state index is -5.50. The average Bonchev–Trinajstić information content (AvgIpc) is 0.813. The number of ether oxygens (including phenoxy) is 6. The number of nitrogens with one attached hydrogen (secondary N) is 2. The molecule has 1 heterocycles. The molecule has 0 aromatic carbocycles. The van der Waals surface area contributed by atoms with Crippen LogP contribution in [-0.4, -0.2) is 131 Å². The summed E-state index contributed by atoms with van der Waals surface area (Å²) in [4.78, 5) is 104. The van der Waals surface area contributed by atoms with E-state index in [2.05, 4.69) is 52.2 Å². The number of phosphoric acid groups is 1. The van der Waals surface area contributed by atoms with Crippen molar-refractivity contribution >= 4 is 43.5 Å². The predicted molar refractivity (Wildman–Crippen MR) is 365 cm³/mol. The summed E-state index contributed by atoms with van der Waals surface area (Å²) in [5, 5.41) is 27.2. The Labute approximate surface area is 562 Å². The third kappa shape index (κ3) is 48.2. The molecule has 1 unspecified atom stereocenters. The molecule has 0 bridgehead atoms. The molecule has 0 saturated carbocycles. The van der Waals surface area contributed by atoms with Gasteiger partial charge in [-0.1, -0.05) is 253 Å². The molecule has 20 nitrogen and oxygen atoms in total. The highest BCUT2D eigenvalue weighted by molar-refractivity contribution is 7.46. The Morgan fingerprint density at radius 1 is 0.430 bits per heavy atom. The lowest BCUT2D eigenvalue weighted by molar-refractivity contribution is -0.272. The van der Waals surface area contributed by atoms with Crippen LogP contribution in [0.3, 0.4) is 0 Å². The van der Waals surface area contributed by atoms with E-state index in [9.17, 15) is 53.3 Å². The fourth-order valence-electron chi connectivity index (χ4n) is 11.9. The molecule has 0 aromatic heterocycles. The molecule has 0 spiro atoms. The van der Waals surface area contributed by atoms with Crippen molar-refractivity contribution in [2.75, 3.05) is 19.8 Å². The Hall–Kier alpha value is -3.23. The first-order valence-corrected chi connectivity index (χ1v) is 39.1. The highest BCUT2D eigenvalue weighted by Gasteiger charge is 2.52. The van der Waals surface area contributed by atoms with E-state index in [1.54, 1.807) is 0 Å². The van der Waals surface area contributed by atoms with Crippen molar-refractivity contribution in [1.29, 1.82) is 0 Å². The molecule has 21 heteroatoms. The lowest BCUT2D eigenvalue weighted by atomic mass is 9.95. The van der Waals surface area contributed by atoms with E-state index in [1.165, 1.54) is 51.4 Å². The molecule has 1 rings (SSSR count). The van der Waals surface area contributed by atoms with Crippen LogP contribution in [-0.2, 0) is 66.3 Å². The molecule has 6 N–H and O–H groups in total. The SMILES string of the molecule is CCCCCCCCCCC[C@H](CC(=O)N[C@@H](CO)COC1O[C@H](CO)[C@@H](OP(=O)(O)O)[C@H](OC(=O)C[C@@H](CCCCCCCCCCC)OC(=O)CCCCCC)[C@H]1NC(=O)C[C@@H](CCCCCCCCCCC)OC(=O)CCCCCC)OC(=O)CCCCCC. The molecule has 93 heavy (non-hydrogen) atoms. The van der Waals surface area contributed by atoms with E-state index in [0.29, 0.717) is 51.4 Å². The number of phosphoric ester groups is 1.